The summed E-state index contributed by atoms with van der Waals surface area (Å²) in [5.74, 6) is 0.368. The number of aryl methyl sites for hydroxylation is 1. The van der Waals surface area contributed by atoms with Crippen LogP contribution in [0, 0.1) is 5.92 Å². The van der Waals surface area contributed by atoms with E-state index in [1.54, 1.807) is 4.68 Å². The van der Waals surface area contributed by atoms with E-state index in [0.717, 1.165) is 29.8 Å². The smallest absolute Gasteiger partial charge is 0.227 e. The zero-order chi connectivity index (χ0) is 14.8. The highest BCUT2D eigenvalue weighted by molar-refractivity contribution is 5.94. The number of nitrogens with one attached hydrogen (secondary N) is 2. The second-order valence-corrected chi connectivity index (χ2v) is 5.65. The number of anilines is 2. The van der Waals surface area contributed by atoms with Crippen molar-refractivity contribution in [2.24, 2.45) is 13.0 Å². The molecule has 0 spiro atoms. The summed E-state index contributed by atoms with van der Waals surface area (Å²) in [5.41, 5.74) is 3.02. The zero-order valence-electron chi connectivity index (χ0n) is 12.3. The van der Waals surface area contributed by atoms with Crippen molar-refractivity contribution in [1.29, 1.82) is 0 Å². The molecule has 0 saturated heterocycles. The van der Waals surface area contributed by atoms with Gasteiger partial charge in [-0.3, -0.25) is 9.48 Å². The summed E-state index contributed by atoms with van der Waals surface area (Å²) in [6.45, 7) is 2.10. The van der Waals surface area contributed by atoms with E-state index in [1.165, 1.54) is 0 Å². The lowest BCUT2D eigenvalue weighted by atomic mass is 10.1. The number of carbonyl (C=O) groups excluding carboxylic acids is 1. The SMILES string of the molecule is CC(Nc1ccc(NC(=O)C2CC2)cc1)c1cnn(C)c1. The summed E-state index contributed by atoms with van der Waals surface area (Å²) in [6.07, 6.45) is 5.91. The van der Waals surface area contributed by atoms with Crippen LogP contribution in [0.2, 0.25) is 0 Å². The molecular formula is C16H20N4O. The average Bonchev–Trinajstić information content (AvgIpc) is 3.23. The largest absolute Gasteiger partial charge is 0.378 e. The first kappa shape index (κ1) is 13.7. The van der Waals surface area contributed by atoms with E-state index < -0.39 is 0 Å². The molecule has 1 atom stereocenters. The number of aromatic nitrogens is 2. The molecule has 2 aromatic rings. The van der Waals surface area contributed by atoms with Gasteiger partial charge in [-0.25, -0.2) is 0 Å². The van der Waals surface area contributed by atoms with Crippen molar-refractivity contribution < 1.29 is 4.79 Å². The molecule has 1 aromatic carbocycles. The van der Waals surface area contributed by atoms with Gasteiger partial charge in [-0.15, -0.1) is 0 Å². The number of rotatable bonds is 5. The van der Waals surface area contributed by atoms with Crippen LogP contribution in [0.15, 0.2) is 36.7 Å². The van der Waals surface area contributed by atoms with E-state index in [1.807, 2.05) is 43.7 Å². The Bertz CT molecular complexity index is 628. The first-order valence-electron chi connectivity index (χ1n) is 7.28. The van der Waals surface area contributed by atoms with Crippen LogP contribution in [0.1, 0.15) is 31.4 Å². The van der Waals surface area contributed by atoms with Crippen LogP contribution in [0.4, 0.5) is 11.4 Å². The molecule has 2 N–H and O–H groups in total. The van der Waals surface area contributed by atoms with E-state index in [0.29, 0.717) is 0 Å². The predicted octanol–water partition coefficient (Wildman–Crippen LogP) is 2.94. The number of amides is 1. The summed E-state index contributed by atoms with van der Waals surface area (Å²) in [7, 11) is 1.91. The third kappa shape index (κ3) is 3.42. The molecule has 110 valence electrons. The Morgan fingerprint density at radius 2 is 1.95 bits per heavy atom. The van der Waals surface area contributed by atoms with Gasteiger partial charge in [0.1, 0.15) is 0 Å². The number of hydrogen-bond acceptors (Lipinski definition) is 3. The third-order valence-electron chi connectivity index (χ3n) is 3.71. The predicted molar refractivity (Wildman–Crippen MR) is 83.0 cm³/mol. The van der Waals surface area contributed by atoms with Crippen LogP contribution in [0.3, 0.4) is 0 Å². The molecule has 21 heavy (non-hydrogen) atoms. The van der Waals surface area contributed by atoms with Gasteiger partial charge in [0.15, 0.2) is 0 Å². The summed E-state index contributed by atoms with van der Waals surface area (Å²) in [4.78, 5) is 11.7. The lowest BCUT2D eigenvalue weighted by Crippen LogP contribution is -2.13. The molecule has 0 aliphatic heterocycles. The molecule has 1 aliphatic rings. The summed E-state index contributed by atoms with van der Waals surface area (Å²) < 4.78 is 1.80. The van der Waals surface area contributed by atoms with Crippen molar-refractivity contribution in [3.8, 4) is 0 Å². The van der Waals surface area contributed by atoms with E-state index in [4.69, 9.17) is 0 Å². The molecule has 1 unspecified atom stereocenters. The van der Waals surface area contributed by atoms with E-state index in [-0.39, 0.29) is 17.9 Å². The van der Waals surface area contributed by atoms with Crippen molar-refractivity contribution in [2.45, 2.75) is 25.8 Å². The Morgan fingerprint density at radius 3 is 2.52 bits per heavy atom. The first-order chi connectivity index (χ1) is 10.1. The highest BCUT2D eigenvalue weighted by Crippen LogP contribution is 2.30. The van der Waals surface area contributed by atoms with Crippen LogP contribution in [-0.4, -0.2) is 15.7 Å². The Hall–Kier alpha value is -2.30. The van der Waals surface area contributed by atoms with Crippen molar-refractivity contribution in [3.05, 3.63) is 42.2 Å². The molecule has 5 heteroatoms. The number of carbonyl (C=O) groups is 1. The summed E-state index contributed by atoms with van der Waals surface area (Å²) in [6, 6.07) is 8.01. The Kier molecular flexibility index (Phi) is 3.64. The highest BCUT2D eigenvalue weighted by Gasteiger charge is 2.29. The maximum Gasteiger partial charge on any atom is 0.227 e. The molecule has 0 bridgehead atoms. The van der Waals surface area contributed by atoms with Crippen LogP contribution in [0.25, 0.3) is 0 Å². The number of hydrogen-bond donors (Lipinski definition) is 2. The van der Waals surface area contributed by atoms with Crippen molar-refractivity contribution in [1.82, 2.24) is 9.78 Å². The Labute approximate surface area is 124 Å². The Balaban J connectivity index is 1.59. The van der Waals surface area contributed by atoms with E-state index in [9.17, 15) is 4.79 Å². The summed E-state index contributed by atoms with van der Waals surface area (Å²) in [5, 5.41) is 10.5. The molecule has 1 aliphatic carbocycles. The first-order valence-corrected chi connectivity index (χ1v) is 7.28. The van der Waals surface area contributed by atoms with Crippen molar-refractivity contribution >= 4 is 17.3 Å². The van der Waals surface area contributed by atoms with Gasteiger partial charge in [0, 0.05) is 36.1 Å². The van der Waals surface area contributed by atoms with Gasteiger partial charge in [0.25, 0.3) is 0 Å². The van der Waals surface area contributed by atoms with Crippen LogP contribution >= 0.6 is 0 Å². The van der Waals surface area contributed by atoms with Gasteiger partial charge < -0.3 is 10.6 Å². The minimum Gasteiger partial charge on any atom is -0.378 e. The summed E-state index contributed by atoms with van der Waals surface area (Å²) >= 11 is 0. The maximum absolute atomic E-state index is 11.7. The lowest BCUT2D eigenvalue weighted by Gasteiger charge is -2.14. The second kappa shape index (κ2) is 5.60. The molecule has 1 aromatic heterocycles. The van der Waals surface area contributed by atoms with Gasteiger partial charge >= 0.3 is 0 Å². The second-order valence-electron chi connectivity index (χ2n) is 5.65. The van der Waals surface area contributed by atoms with Gasteiger partial charge in [-0.05, 0) is 44.0 Å². The highest BCUT2D eigenvalue weighted by atomic mass is 16.2. The zero-order valence-corrected chi connectivity index (χ0v) is 12.3. The van der Waals surface area contributed by atoms with Gasteiger partial charge in [-0.2, -0.15) is 5.10 Å². The quantitative estimate of drug-likeness (QED) is 0.887. The van der Waals surface area contributed by atoms with Crippen LogP contribution in [0.5, 0.6) is 0 Å². The number of benzene rings is 1. The average molecular weight is 284 g/mol. The van der Waals surface area contributed by atoms with Crippen LogP contribution < -0.4 is 10.6 Å². The molecular weight excluding hydrogens is 264 g/mol. The molecule has 0 radical (unpaired) electrons. The minimum absolute atomic E-state index is 0.138. The van der Waals surface area contributed by atoms with Crippen molar-refractivity contribution in [2.75, 3.05) is 10.6 Å². The molecule has 1 heterocycles. The third-order valence-corrected chi connectivity index (χ3v) is 3.71. The molecule has 1 amide bonds. The molecule has 1 fully saturated rings. The lowest BCUT2D eigenvalue weighted by molar-refractivity contribution is -0.117. The molecule has 3 rings (SSSR count). The van der Waals surface area contributed by atoms with E-state index in [2.05, 4.69) is 22.7 Å². The van der Waals surface area contributed by atoms with Crippen LogP contribution in [-0.2, 0) is 11.8 Å². The maximum atomic E-state index is 11.7. The fourth-order valence-electron chi connectivity index (χ4n) is 2.24. The number of nitrogens with zero attached hydrogens (tertiary/aromatic N) is 2. The molecule has 5 nitrogen and oxygen atoms in total. The minimum atomic E-state index is 0.138. The van der Waals surface area contributed by atoms with Gasteiger partial charge in [0.2, 0.25) is 5.91 Å². The fourth-order valence-corrected chi connectivity index (χ4v) is 2.24. The van der Waals surface area contributed by atoms with Crippen molar-refractivity contribution in [3.63, 3.8) is 0 Å². The fraction of sp³-hybridized carbons (Fsp3) is 0.375. The van der Waals surface area contributed by atoms with E-state index >= 15 is 0 Å². The topological polar surface area (TPSA) is 58.9 Å². The van der Waals surface area contributed by atoms with Gasteiger partial charge in [0.05, 0.1) is 12.2 Å². The van der Waals surface area contributed by atoms with Gasteiger partial charge in [-0.1, -0.05) is 0 Å². The normalized spacial score (nSPS) is 15.5. The monoisotopic (exact) mass is 284 g/mol. The molecule has 1 saturated carbocycles. The Morgan fingerprint density at radius 1 is 1.29 bits per heavy atom. The standard InChI is InChI=1S/C16H20N4O/c1-11(13-9-17-20(2)10-13)18-14-5-7-15(8-6-14)19-16(21)12-3-4-12/h5-12,18H,3-4H2,1-2H3,(H,19,21).